The van der Waals surface area contributed by atoms with Crippen molar-refractivity contribution in [1.29, 1.82) is 5.26 Å². The first kappa shape index (κ1) is 15.9. The maximum absolute atomic E-state index is 13.6. The number of hydrogen-bond donors (Lipinski definition) is 1. The molecule has 1 amide bonds. The second kappa shape index (κ2) is 7.00. The molecule has 0 aliphatic carbocycles. The molecule has 0 heterocycles. The molecule has 1 N–H and O–H groups in total. The van der Waals surface area contributed by atoms with Crippen LogP contribution in [0.25, 0.3) is 0 Å². The van der Waals surface area contributed by atoms with Crippen molar-refractivity contribution in [2.45, 2.75) is 0 Å². The van der Waals surface area contributed by atoms with Gasteiger partial charge in [0.05, 0.1) is 11.3 Å². The molecule has 0 aliphatic heterocycles. The Balaban J connectivity index is 2.04. The number of nitrogens with one attached hydrogen (secondary N) is 1. The molecule has 0 radical (unpaired) electrons. The molecule has 2 aromatic carbocycles. The fraction of sp³-hybridized carbons (Fsp3) is 0.0667. The highest BCUT2D eigenvalue weighted by atomic mass is 79.9. The van der Waals surface area contributed by atoms with Gasteiger partial charge >= 0.3 is 0 Å². The highest BCUT2D eigenvalue weighted by Gasteiger charge is 2.13. The van der Waals surface area contributed by atoms with E-state index in [1.54, 1.807) is 24.3 Å². The van der Waals surface area contributed by atoms with Gasteiger partial charge in [-0.25, -0.2) is 8.78 Å². The van der Waals surface area contributed by atoms with Gasteiger partial charge < -0.3 is 10.1 Å². The predicted molar refractivity (Wildman–Crippen MR) is 79.3 cm³/mol. The van der Waals surface area contributed by atoms with Gasteiger partial charge in [0.25, 0.3) is 5.91 Å². The van der Waals surface area contributed by atoms with Crippen molar-refractivity contribution in [2.75, 3.05) is 11.9 Å². The number of halogens is 3. The van der Waals surface area contributed by atoms with E-state index in [0.29, 0.717) is 6.07 Å². The van der Waals surface area contributed by atoms with Gasteiger partial charge in [0.15, 0.2) is 12.4 Å². The number of anilines is 1. The van der Waals surface area contributed by atoms with Gasteiger partial charge in [-0.2, -0.15) is 5.26 Å². The minimum Gasteiger partial charge on any atom is -0.482 e. The molecule has 4 nitrogen and oxygen atoms in total. The number of rotatable bonds is 4. The van der Waals surface area contributed by atoms with Gasteiger partial charge in [0.2, 0.25) is 0 Å². The molecule has 0 fully saturated rings. The summed E-state index contributed by atoms with van der Waals surface area (Å²) in [6.45, 7) is -0.415. The van der Waals surface area contributed by atoms with Crippen LogP contribution in [-0.2, 0) is 4.79 Å². The molecule has 112 valence electrons. The third-order valence-corrected chi connectivity index (χ3v) is 3.26. The van der Waals surface area contributed by atoms with E-state index in [1.165, 1.54) is 0 Å². The summed E-state index contributed by atoms with van der Waals surface area (Å²) in [5.41, 5.74) is 0.105. The minimum absolute atomic E-state index is 0.0794. The van der Waals surface area contributed by atoms with Gasteiger partial charge in [0, 0.05) is 10.5 Å². The number of carbonyl (C=O) groups excluding carboxylic acids is 1. The van der Waals surface area contributed by atoms with E-state index in [-0.39, 0.29) is 21.5 Å². The molecule has 0 saturated carbocycles. The van der Waals surface area contributed by atoms with Crippen molar-refractivity contribution in [3.8, 4) is 11.8 Å². The zero-order chi connectivity index (χ0) is 16.1. The lowest BCUT2D eigenvalue weighted by Crippen LogP contribution is -2.21. The first-order valence-corrected chi connectivity index (χ1v) is 6.87. The molecule has 0 bridgehead atoms. The second-order valence-corrected chi connectivity index (χ2v) is 5.04. The van der Waals surface area contributed by atoms with Crippen LogP contribution >= 0.6 is 15.9 Å². The molecule has 0 aliphatic rings. The average Bonchev–Trinajstić information content (AvgIpc) is 2.49. The van der Waals surface area contributed by atoms with Gasteiger partial charge in [0.1, 0.15) is 17.6 Å². The van der Waals surface area contributed by atoms with E-state index in [9.17, 15) is 13.6 Å². The number of amides is 1. The van der Waals surface area contributed by atoms with Crippen LogP contribution in [-0.4, -0.2) is 12.5 Å². The minimum atomic E-state index is -0.905. The number of carbonyl (C=O) groups is 1. The number of ether oxygens (including phenoxy) is 1. The summed E-state index contributed by atoms with van der Waals surface area (Å²) < 4.78 is 31.8. The standard InChI is InChI=1S/C15H9BrF2N2O2/c16-11-5-10(17)6-12(18)15(11)20-14(21)8-22-13-4-2-1-3-9(13)7-19/h1-6H,8H2,(H,20,21). The van der Waals surface area contributed by atoms with Crippen molar-refractivity contribution < 1.29 is 18.3 Å². The molecule has 0 atom stereocenters. The van der Waals surface area contributed by atoms with Crippen molar-refractivity contribution >= 4 is 27.5 Å². The zero-order valence-electron chi connectivity index (χ0n) is 11.1. The Kier molecular flexibility index (Phi) is 5.07. The van der Waals surface area contributed by atoms with Crippen LogP contribution < -0.4 is 10.1 Å². The number of hydrogen-bond acceptors (Lipinski definition) is 3. The Morgan fingerprint density at radius 1 is 1.32 bits per heavy atom. The second-order valence-electron chi connectivity index (χ2n) is 4.19. The van der Waals surface area contributed by atoms with Crippen LogP contribution in [0.3, 0.4) is 0 Å². The normalized spacial score (nSPS) is 9.91. The molecule has 0 aromatic heterocycles. The number of benzene rings is 2. The summed E-state index contributed by atoms with van der Waals surface area (Å²) in [4.78, 5) is 11.8. The van der Waals surface area contributed by atoms with Crippen molar-refractivity contribution in [3.63, 3.8) is 0 Å². The van der Waals surface area contributed by atoms with E-state index >= 15 is 0 Å². The van der Waals surface area contributed by atoms with Gasteiger partial charge in [-0.1, -0.05) is 12.1 Å². The van der Waals surface area contributed by atoms with E-state index < -0.39 is 24.1 Å². The Bertz CT molecular complexity index is 736. The molecule has 0 unspecified atom stereocenters. The fourth-order valence-electron chi connectivity index (χ4n) is 1.67. The predicted octanol–water partition coefficient (Wildman–Crippen LogP) is 3.62. The Labute approximate surface area is 133 Å². The smallest absolute Gasteiger partial charge is 0.262 e. The van der Waals surface area contributed by atoms with Crippen molar-refractivity contribution in [1.82, 2.24) is 0 Å². The Morgan fingerprint density at radius 3 is 2.73 bits per heavy atom. The van der Waals surface area contributed by atoms with E-state index in [1.807, 2.05) is 6.07 Å². The molecule has 2 rings (SSSR count). The average molecular weight is 367 g/mol. The molecular weight excluding hydrogens is 358 g/mol. The molecular formula is C15H9BrF2N2O2. The Hall–Kier alpha value is -2.46. The van der Waals surface area contributed by atoms with Crippen LogP contribution in [0.1, 0.15) is 5.56 Å². The first-order chi connectivity index (χ1) is 10.5. The molecule has 0 saturated heterocycles. The topological polar surface area (TPSA) is 62.1 Å². The number of para-hydroxylation sites is 1. The monoisotopic (exact) mass is 366 g/mol. The SMILES string of the molecule is N#Cc1ccccc1OCC(=O)Nc1c(F)cc(F)cc1Br. The van der Waals surface area contributed by atoms with Crippen molar-refractivity contribution in [2.24, 2.45) is 0 Å². The largest absolute Gasteiger partial charge is 0.482 e. The maximum atomic E-state index is 13.6. The van der Waals surface area contributed by atoms with Gasteiger partial charge in [-0.05, 0) is 34.1 Å². The quantitative estimate of drug-likeness (QED) is 0.898. The summed E-state index contributed by atoms with van der Waals surface area (Å²) >= 11 is 2.97. The van der Waals surface area contributed by atoms with Gasteiger partial charge in [-0.3, -0.25) is 4.79 Å². The third kappa shape index (κ3) is 3.80. The Morgan fingerprint density at radius 2 is 2.05 bits per heavy atom. The summed E-state index contributed by atoms with van der Waals surface area (Å²) in [6, 6.07) is 10.0. The lowest BCUT2D eigenvalue weighted by molar-refractivity contribution is -0.118. The summed E-state index contributed by atoms with van der Waals surface area (Å²) in [7, 11) is 0. The van der Waals surface area contributed by atoms with E-state index in [2.05, 4.69) is 21.2 Å². The first-order valence-electron chi connectivity index (χ1n) is 6.07. The molecule has 7 heteroatoms. The number of nitrogens with zero attached hydrogens (tertiary/aromatic N) is 1. The summed E-state index contributed by atoms with van der Waals surface area (Å²) in [5.74, 6) is -2.06. The molecule has 22 heavy (non-hydrogen) atoms. The van der Waals surface area contributed by atoms with Gasteiger partial charge in [-0.15, -0.1) is 0 Å². The summed E-state index contributed by atoms with van der Waals surface area (Å²) in [5, 5.41) is 11.2. The van der Waals surface area contributed by atoms with Crippen LogP contribution in [0.5, 0.6) is 5.75 Å². The highest BCUT2D eigenvalue weighted by Crippen LogP contribution is 2.26. The number of nitriles is 1. The lowest BCUT2D eigenvalue weighted by Gasteiger charge is -2.10. The molecule has 2 aromatic rings. The lowest BCUT2D eigenvalue weighted by atomic mass is 10.2. The molecule has 0 spiro atoms. The van der Waals surface area contributed by atoms with E-state index in [4.69, 9.17) is 10.00 Å². The zero-order valence-corrected chi connectivity index (χ0v) is 12.7. The highest BCUT2D eigenvalue weighted by molar-refractivity contribution is 9.10. The van der Waals surface area contributed by atoms with Crippen LogP contribution in [0.4, 0.5) is 14.5 Å². The maximum Gasteiger partial charge on any atom is 0.262 e. The van der Waals surface area contributed by atoms with E-state index in [0.717, 1.165) is 6.07 Å². The third-order valence-electron chi connectivity index (χ3n) is 2.64. The van der Waals surface area contributed by atoms with Crippen LogP contribution in [0.15, 0.2) is 40.9 Å². The van der Waals surface area contributed by atoms with Crippen LogP contribution in [0.2, 0.25) is 0 Å². The fourth-order valence-corrected chi connectivity index (χ4v) is 2.17. The summed E-state index contributed by atoms with van der Waals surface area (Å²) in [6.07, 6.45) is 0. The van der Waals surface area contributed by atoms with Crippen molar-refractivity contribution in [3.05, 3.63) is 58.1 Å². The van der Waals surface area contributed by atoms with Crippen LogP contribution in [0, 0.1) is 23.0 Å².